The van der Waals surface area contributed by atoms with Crippen LogP contribution in [0, 0.1) is 0 Å². The summed E-state index contributed by atoms with van der Waals surface area (Å²) in [7, 11) is 5.38. The van der Waals surface area contributed by atoms with Crippen molar-refractivity contribution in [2.45, 2.75) is 6.92 Å². The van der Waals surface area contributed by atoms with E-state index < -0.39 is 0 Å². The van der Waals surface area contributed by atoms with Crippen LogP contribution in [-0.4, -0.2) is 30.3 Å². The van der Waals surface area contributed by atoms with Gasteiger partial charge in [-0.15, -0.1) is 0 Å². The van der Waals surface area contributed by atoms with Crippen LogP contribution in [0.4, 0.5) is 5.69 Å². The Hall–Kier alpha value is -1.70. The molecule has 23 heavy (non-hydrogen) atoms. The van der Waals surface area contributed by atoms with Crippen LogP contribution in [0.15, 0.2) is 29.2 Å². The monoisotopic (exact) mass is 355 g/mol. The Morgan fingerprint density at radius 3 is 2.74 bits per heavy atom. The Morgan fingerprint density at radius 2 is 2.09 bits per heavy atom. The maximum atomic E-state index is 12.5. The first-order valence-corrected chi connectivity index (χ1v) is 8.00. The fourth-order valence-corrected chi connectivity index (χ4v) is 2.48. The predicted octanol–water partition coefficient (Wildman–Crippen LogP) is 3.15. The lowest BCUT2D eigenvalue weighted by molar-refractivity contribution is 0.369. The lowest BCUT2D eigenvalue weighted by atomic mass is 10.1. The van der Waals surface area contributed by atoms with Crippen molar-refractivity contribution in [3.63, 3.8) is 0 Å². The van der Waals surface area contributed by atoms with Gasteiger partial charge in [-0.25, -0.2) is 0 Å². The normalized spacial score (nSPS) is 10.7. The van der Waals surface area contributed by atoms with Crippen LogP contribution in [-0.2, 0) is 11.2 Å². The van der Waals surface area contributed by atoms with Crippen molar-refractivity contribution in [2.75, 3.05) is 25.6 Å². The largest absolute Gasteiger partial charge is 0.396 e. The molecule has 0 fully saturated rings. The van der Waals surface area contributed by atoms with Crippen molar-refractivity contribution < 1.29 is 8.37 Å². The maximum Gasteiger partial charge on any atom is 0.261 e. The van der Waals surface area contributed by atoms with E-state index >= 15 is 0 Å². The summed E-state index contributed by atoms with van der Waals surface area (Å²) in [5, 5.41) is 0.355. The zero-order valence-corrected chi connectivity index (χ0v) is 14.9. The van der Waals surface area contributed by atoms with Crippen LogP contribution in [0.25, 0.3) is 11.3 Å². The summed E-state index contributed by atoms with van der Waals surface area (Å²) >= 11 is 6.83. The average Bonchev–Trinajstić information content (AvgIpc) is 2.53. The van der Waals surface area contributed by atoms with Crippen LogP contribution in [0.1, 0.15) is 6.92 Å². The van der Waals surface area contributed by atoms with Crippen molar-refractivity contribution in [1.29, 1.82) is 0 Å². The topological polar surface area (TPSA) is 56.6 Å². The van der Waals surface area contributed by atoms with Gasteiger partial charge in [0.05, 0.1) is 17.9 Å². The molecule has 2 aromatic rings. The highest BCUT2D eigenvalue weighted by atomic mass is 35.5. The third-order valence-electron chi connectivity index (χ3n) is 3.15. The average molecular weight is 356 g/mol. The number of nitrogens with zero attached hydrogens (tertiary/aromatic N) is 3. The van der Waals surface area contributed by atoms with Crippen molar-refractivity contribution >= 4 is 29.6 Å². The molecule has 0 radical (unpaired) electrons. The van der Waals surface area contributed by atoms with E-state index in [1.54, 1.807) is 25.4 Å². The third kappa shape index (κ3) is 3.80. The smallest absolute Gasteiger partial charge is 0.261 e. The Bertz CT molecular complexity index is 749. The standard InChI is InChI=1S/C15H18ClN3O3S/c1-5-21-23-22-14-11(18(2)3)8-9-17-13(14)10-6-7-12(16)19(4)15(10)20/h6-9H,5H2,1-4H3. The molecule has 0 N–H and O–H groups in total. The zero-order chi connectivity index (χ0) is 17.0. The number of halogens is 1. The summed E-state index contributed by atoms with van der Waals surface area (Å²) in [6.45, 7) is 2.36. The molecule has 124 valence electrons. The van der Waals surface area contributed by atoms with Gasteiger partial charge >= 0.3 is 0 Å². The van der Waals surface area contributed by atoms with Crippen molar-refractivity contribution in [3.8, 4) is 17.0 Å². The lowest BCUT2D eigenvalue weighted by Crippen LogP contribution is -2.20. The molecule has 2 heterocycles. The van der Waals surface area contributed by atoms with Gasteiger partial charge in [0.2, 0.25) is 12.3 Å². The van der Waals surface area contributed by atoms with E-state index in [0.29, 0.717) is 28.8 Å². The Morgan fingerprint density at radius 1 is 1.35 bits per heavy atom. The second-order valence-corrected chi connectivity index (χ2v) is 5.82. The van der Waals surface area contributed by atoms with Crippen LogP contribution in [0.5, 0.6) is 5.75 Å². The second kappa shape index (κ2) is 7.72. The van der Waals surface area contributed by atoms with Gasteiger partial charge < -0.3 is 13.7 Å². The molecule has 6 nitrogen and oxygen atoms in total. The van der Waals surface area contributed by atoms with Gasteiger partial charge in [0.25, 0.3) is 5.56 Å². The van der Waals surface area contributed by atoms with E-state index in [2.05, 4.69) is 4.98 Å². The fourth-order valence-electron chi connectivity index (χ4n) is 1.96. The highest BCUT2D eigenvalue weighted by Gasteiger charge is 2.19. The van der Waals surface area contributed by atoms with Gasteiger partial charge in [-0.05, 0) is 25.1 Å². The minimum absolute atomic E-state index is 0.243. The summed E-state index contributed by atoms with van der Waals surface area (Å²) in [5.74, 6) is 0.468. The van der Waals surface area contributed by atoms with Crippen LogP contribution < -0.4 is 14.6 Å². The molecule has 2 rings (SSSR count). The lowest BCUT2D eigenvalue weighted by Gasteiger charge is -2.18. The molecule has 0 aliphatic carbocycles. The van der Waals surface area contributed by atoms with Crippen LogP contribution in [0.3, 0.4) is 0 Å². The number of hydrogen-bond acceptors (Lipinski definition) is 6. The molecule has 0 saturated carbocycles. The SMILES string of the molecule is CCOSOc1c(N(C)C)ccnc1-c1ccc(Cl)n(C)c1=O. The molecule has 0 atom stereocenters. The number of rotatable bonds is 6. The molecule has 0 bridgehead atoms. The first-order valence-electron chi connectivity index (χ1n) is 6.95. The maximum absolute atomic E-state index is 12.5. The van der Waals surface area contributed by atoms with Gasteiger partial charge in [0, 0.05) is 27.3 Å². The molecule has 0 spiro atoms. The molecular formula is C15H18ClN3O3S. The van der Waals surface area contributed by atoms with Crippen molar-refractivity contribution in [2.24, 2.45) is 7.05 Å². The van der Waals surface area contributed by atoms with Gasteiger partial charge in [-0.1, -0.05) is 11.6 Å². The molecule has 2 aromatic heterocycles. The van der Waals surface area contributed by atoms with Crippen LogP contribution >= 0.6 is 23.9 Å². The summed E-state index contributed by atoms with van der Waals surface area (Å²) in [5.41, 5.74) is 1.40. The Labute approximate surface area is 144 Å². The first kappa shape index (κ1) is 17.7. The Kier molecular flexibility index (Phi) is 5.92. The van der Waals surface area contributed by atoms with Crippen molar-refractivity contribution in [1.82, 2.24) is 9.55 Å². The zero-order valence-electron chi connectivity index (χ0n) is 13.4. The van der Waals surface area contributed by atoms with E-state index in [9.17, 15) is 4.79 Å². The first-order chi connectivity index (χ1) is 11.0. The minimum atomic E-state index is -0.243. The number of hydrogen-bond donors (Lipinski definition) is 0. The predicted molar refractivity (Wildman–Crippen MR) is 94.1 cm³/mol. The highest BCUT2D eigenvalue weighted by molar-refractivity contribution is 7.90. The van der Waals surface area contributed by atoms with E-state index in [1.807, 2.05) is 32.0 Å². The number of pyridine rings is 2. The summed E-state index contributed by atoms with van der Waals surface area (Å²) in [6.07, 6.45) is 1.64. The molecule has 0 amide bonds. The van der Waals surface area contributed by atoms with Crippen LogP contribution in [0.2, 0.25) is 5.15 Å². The van der Waals surface area contributed by atoms with Gasteiger partial charge in [-0.2, -0.15) is 0 Å². The Balaban J connectivity index is 2.60. The summed E-state index contributed by atoms with van der Waals surface area (Å²) in [4.78, 5) is 18.7. The van der Waals surface area contributed by atoms with E-state index in [-0.39, 0.29) is 5.56 Å². The van der Waals surface area contributed by atoms with E-state index in [4.69, 9.17) is 20.0 Å². The van der Waals surface area contributed by atoms with E-state index in [1.165, 1.54) is 4.57 Å². The van der Waals surface area contributed by atoms with E-state index in [0.717, 1.165) is 18.0 Å². The van der Waals surface area contributed by atoms with Gasteiger partial charge in [0.1, 0.15) is 10.8 Å². The highest BCUT2D eigenvalue weighted by Crippen LogP contribution is 2.37. The van der Waals surface area contributed by atoms with Gasteiger partial charge in [-0.3, -0.25) is 14.0 Å². The fraction of sp³-hybridized carbons (Fsp3) is 0.333. The molecular weight excluding hydrogens is 338 g/mol. The third-order valence-corrected chi connectivity index (χ3v) is 4.09. The number of anilines is 1. The summed E-state index contributed by atoms with van der Waals surface area (Å²) < 4.78 is 12.2. The van der Waals surface area contributed by atoms with Gasteiger partial charge in [0.15, 0.2) is 5.75 Å². The molecule has 0 aliphatic rings. The molecule has 8 heteroatoms. The van der Waals surface area contributed by atoms with Crippen molar-refractivity contribution in [3.05, 3.63) is 39.9 Å². The molecule has 0 aliphatic heterocycles. The number of aromatic nitrogens is 2. The molecule has 0 unspecified atom stereocenters. The molecule has 0 saturated heterocycles. The second-order valence-electron chi connectivity index (χ2n) is 4.89. The molecule has 0 aromatic carbocycles. The summed E-state index contributed by atoms with van der Waals surface area (Å²) in [6, 6.07) is 5.11. The quantitative estimate of drug-likeness (QED) is 0.451. The minimum Gasteiger partial charge on any atom is -0.396 e.